The van der Waals surface area contributed by atoms with Gasteiger partial charge in [-0.1, -0.05) is 23.7 Å². The number of pyridine rings is 1. The van der Waals surface area contributed by atoms with Crippen LogP contribution in [0.1, 0.15) is 22.4 Å². The van der Waals surface area contributed by atoms with Crippen molar-refractivity contribution in [2.45, 2.75) is 26.7 Å². The van der Waals surface area contributed by atoms with Crippen LogP contribution in [0.5, 0.6) is 0 Å². The van der Waals surface area contributed by atoms with Crippen molar-refractivity contribution >= 4 is 11.6 Å². The van der Waals surface area contributed by atoms with Gasteiger partial charge in [-0.25, -0.2) is 0 Å². The van der Waals surface area contributed by atoms with E-state index in [0.717, 1.165) is 17.9 Å². The normalized spacial score (nSPS) is 10.5. The molecule has 0 aliphatic heterocycles. The van der Waals surface area contributed by atoms with Gasteiger partial charge in [0.1, 0.15) is 0 Å². The van der Waals surface area contributed by atoms with E-state index < -0.39 is 0 Å². The molecule has 0 fully saturated rings. The molecular formula is C15H16ClN. The summed E-state index contributed by atoms with van der Waals surface area (Å²) in [4.78, 5) is 4.41. The van der Waals surface area contributed by atoms with E-state index in [2.05, 4.69) is 31.0 Å². The maximum absolute atomic E-state index is 5.95. The van der Waals surface area contributed by atoms with Crippen molar-refractivity contribution in [1.29, 1.82) is 0 Å². The van der Waals surface area contributed by atoms with Crippen molar-refractivity contribution in [3.63, 3.8) is 0 Å². The molecule has 0 aliphatic rings. The van der Waals surface area contributed by atoms with Gasteiger partial charge < -0.3 is 0 Å². The number of benzene rings is 1. The first-order valence-electron chi connectivity index (χ1n) is 5.82. The molecule has 0 saturated carbocycles. The van der Waals surface area contributed by atoms with Crippen LogP contribution in [-0.4, -0.2) is 4.98 Å². The minimum Gasteiger partial charge on any atom is -0.261 e. The molecule has 0 spiro atoms. The van der Waals surface area contributed by atoms with Crippen LogP contribution >= 0.6 is 11.6 Å². The Kier molecular flexibility index (Phi) is 3.80. The largest absolute Gasteiger partial charge is 0.261 e. The van der Waals surface area contributed by atoms with Crippen LogP contribution < -0.4 is 0 Å². The highest BCUT2D eigenvalue weighted by atomic mass is 35.5. The number of aromatic nitrogens is 1. The minimum atomic E-state index is 0.806. The Labute approximate surface area is 107 Å². The summed E-state index contributed by atoms with van der Waals surface area (Å²) in [5.74, 6) is 0. The average Bonchev–Trinajstić information content (AvgIpc) is 2.30. The maximum Gasteiger partial charge on any atom is 0.0436 e. The summed E-state index contributed by atoms with van der Waals surface area (Å²) in [6.45, 7) is 4.21. The van der Waals surface area contributed by atoms with Gasteiger partial charge in [-0.2, -0.15) is 0 Å². The second-order valence-electron chi connectivity index (χ2n) is 4.34. The fraction of sp³-hybridized carbons (Fsp3) is 0.267. The molecule has 0 radical (unpaired) electrons. The van der Waals surface area contributed by atoms with Crippen LogP contribution in [0.4, 0.5) is 0 Å². The minimum absolute atomic E-state index is 0.806. The molecule has 0 amide bonds. The van der Waals surface area contributed by atoms with Crippen molar-refractivity contribution in [1.82, 2.24) is 4.98 Å². The number of hydrogen-bond acceptors (Lipinski definition) is 1. The van der Waals surface area contributed by atoms with E-state index >= 15 is 0 Å². The van der Waals surface area contributed by atoms with Crippen molar-refractivity contribution in [2.24, 2.45) is 0 Å². The van der Waals surface area contributed by atoms with Crippen LogP contribution in [0, 0.1) is 13.8 Å². The zero-order valence-corrected chi connectivity index (χ0v) is 11.0. The summed E-state index contributed by atoms with van der Waals surface area (Å²) in [5, 5.41) is 0.806. The fourth-order valence-corrected chi connectivity index (χ4v) is 2.20. The van der Waals surface area contributed by atoms with E-state index in [1.807, 2.05) is 24.4 Å². The van der Waals surface area contributed by atoms with Gasteiger partial charge in [-0.15, -0.1) is 0 Å². The third kappa shape index (κ3) is 3.07. The highest BCUT2D eigenvalue weighted by molar-refractivity contribution is 6.30. The Bertz CT molecular complexity index is 520. The zero-order chi connectivity index (χ0) is 12.3. The molecule has 17 heavy (non-hydrogen) atoms. The number of aryl methyl sites for hydroxylation is 4. The maximum atomic E-state index is 5.95. The van der Waals surface area contributed by atoms with E-state index in [-0.39, 0.29) is 0 Å². The standard InChI is InChI=1S/C15H16ClN/c1-11-4-3-9-17-15(11)8-6-13-5-7-14(16)10-12(13)2/h3-5,7,9-10H,6,8H2,1-2H3. The van der Waals surface area contributed by atoms with Gasteiger partial charge in [-0.05, 0) is 61.6 Å². The molecule has 0 saturated heterocycles. The highest BCUT2D eigenvalue weighted by Crippen LogP contribution is 2.17. The fourth-order valence-electron chi connectivity index (χ4n) is 1.97. The number of rotatable bonds is 3. The Hall–Kier alpha value is -1.34. The predicted octanol–water partition coefficient (Wildman–Crippen LogP) is 4.14. The molecule has 2 heteroatoms. The van der Waals surface area contributed by atoms with Crippen molar-refractivity contribution < 1.29 is 0 Å². The van der Waals surface area contributed by atoms with Crippen LogP contribution in [-0.2, 0) is 12.8 Å². The van der Waals surface area contributed by atoms with E-state index in [4.69, 9.17) is 11.6 Å². The Balaban J connectivity index is 2.10. The number of halogens is 1. The van der Waals surface area contributed by atoms with Gasteiger partial charge in [0.15, 0.2) is 0 Å². The first kappa shape index (κ1) is 12.1. The average molecular weight is 246 g/mol. The predicted molar refractivity (Wildman–Crippen MR) is 72.6 cm³/mol. The topological polar surface area (TPSA) is 12.9 Å². The van der Waals surface area contributed by atoms with Crippen molar-refractivity contribution in [3.8, 4) is 0 Å². The molecule has 0 N–H and O–H groups in total. The molecule has 0 unspecified atom stereocenters. The van der Waals surface area contributed by atoms with Crippen LogP contribution in [0.3, 0.4) is 0 Å². The van der Waals surface area contributed by atoms with Gasteiger partial charge in [0.25, 0.3) is 0 Å². The lowest BCUT2D eigenvalue weighted by atomic mass is 10.0. The summed E-state index contributed by atoms with van der Waals surface area (Å²) in [6.07, 6.45) is 3.85. The van der Waals surface area contributed by atoms with E-state index in [9.17, 15) is 0 Å². The lowest BCUT2D eigenvalue weighted by Gasteiger charge is -2.07. The molecule has 0 bridgehead atoms. The molecule has 0 atom stereocenters. The Morgan fingerprint density at radius 3 is 2.59 bits per heavy atom. The second kappa shape index (κ2) is 5.33. The third-order valence-corrected chi connectivity index (χ3v) is 3.29. The summed E-state index contributed by atoms with van der Waals surface area (Å²) in [6, 6.07) is 10.2. The monoisotopic (exact) mass is 245 g/mol. The van der Waals surface area contributed by atoms with Crippen molar-refractivity contribution in [3.05, 3.63) is 63.9 Å². The highest BCUT2D eigenvalue weighted by Gasteiger charge is 2.03. The lowest BCUT2D eigenvalue weighted by molar-refractivity contribution is 0.894. The molecular weight excluding hydrogens is 230 g/mol. The first-order chi connectivity index (χ1) is 8.16. The quantitative estimate of drug-likeness (QED) is 0.792. The molecule has 1 aromatic heterocycles. The molecule has 1 aromatic carbocycles. The SMILES string of the molecule is Cc1cc(Cl)ccc1CCc1ncccc1C. The smallest absolute Gasteiger partial charge is 0.0436 e. The number of hydrogen-bond donors (Lipinski definition) is 0. The van der Waals surface area contributed by atoms with E-state index in [1.54, 1.807) is 0 Å². The van der Waals surface area contributed by atoms with E-state index in [1.165, 1.54) is 22.4 Å². The Morgan fingerprint density at radius 2 is 1.88 bits per heavy atom. The third-order valence-electron chi connectivity index (χ3n) is 3.05. The van der Waals surface area contributed by atoms with Gasteiger partial charge in [0.05, 0.1) is 0 Å². The molecule has 2 aromatic rings. The summed E-state index contributed by atoms with van der Waals surface area (Å²) < 4.78 is 0. The van der Waals surface area contributed by atoms with Crippen LogP contribution in [0.15, 0.2) is 36.5 Å². The zero-order valence-electron chi connectivity index (χ0n) is 10.2. The molecule has 1 nitrogen and oxygen atoms in total. The second-order valence-corrected chi connectivity index (χ2v) is 4.77. The first-order valence-corrected chi connectivity index (χ1v) is 6.20. The van der Waals surface area contributed by atoms with Gasteiger partial charge in [0, 0.05) is 16.9 Å². The number of nitrogens with zero attached hydrogens (tertiary/aromatic N) is 1. The molecule has 88 valence electrons. The van der Waals surface area contributed by atoms with Gasteiger partial charge in [0.2, 0.25) is 0 Å². The van der Waals surface area contributed by atoms with Crippen molar-refractivity contribution in [2.75, 3.05) is 0 Å². The lowest BCUT2D eigenvalue weighted by Crippen LogP contribution is -1.98. The summed E-state index contributed by atoms with van der Waals surface area (Å²) in [7, 11) is 0. The summed E-state index contributed by atoms with van der Waals surface area (Å²) >= 11 is 5.95. The van der Waals surface area contributed by atoms with Crippen LogP contribution in [0.25, 0.3) is 0 Å². The molecule has 2 rings (SSSR count). The summed E-state index contributed by atoms with van der Waals surface area (Å²) in [5.41, 5.74) is 5.05. The van der Waals surface area contributed by atoms with Crippen LogP contribution in [0.2, 0.25) is 5.02 Å². The molecule has 0 aliphatic carbocycles. The van der Waals surface area contributed by atoms with E-state index in [0.29, 0.717) is 0 Å². The molecule has 1 heterocycles. The Morgan fingerprint density at radius 1 is 1.06 bits per heavy atom. The van der Waals surface area contributed by atoms with Gasteiger partial charge >= 0.3 is 0 Å². The van der Waals surface area contributed by atoms with Gasteiger partial charge in [-0.3, -0.25) is 4.98 Å².